The van der Waals surface area contributed by atoms with Crippen molar-refractivity contribution in [2.75, 3.05) is 14.2 Å². The number of carbonyl (C=O) groups excluding carboxylic acids is 1. The largest absolute Gasteiger partial charge is 0.497 e. The molecule has 0 saturated heterocycles. The minimum Gasteiger partial charge on any atom is -0.497 e. The third-order valence-corrected chi connectivity index (χ3v) is 3.89. The summed E-state index contributed by atoms with van der Waals surface area (Å²) in [4.78, 5) is 12.3. The van der Waals surface area contributed by atoms with E-state index in [0.29, 0.717) is 18.0 Å². The number of methoxy groups -OCH3 is 2. The fourth-order valence-electron chi connectivity index (χ4n) is 2.50. The molecule has 0 spiro atoms. The highest BCUT2D eigenvalue weighted by molar-refractivity contribution is 5.91. The molecule has 1 heterocycles. The van der Waals surface area contributed by atoms with E-state index in [1.165, 1.54) is 16.8 Å². The molecule has 1 amide bonds. The van der Waals surface area contributed by atoms with E-state index in [9.17, 15) is 9.18 Å². The molecule has 0 bridgehead atoms. The maximum Gasteiger partial charge on any atom is 0.273 e. The molecular weight excluding hydrogens is 351 g/mol. The van der Waals surface area contributed by atoms with E-state index in [1.807, 2.05) is 12.1 Å². The lowest BCUT2D eigenvalue weighted by molar-refractivity contribution is 0.0945. The van der Waals surface area contributed by atoms with Crippen LogP contribution in [-0.2, 0) is 13.1 Å². The highest BCUT2D eigenvalue weighted by Crippen LogP contribution is 2.22. The summed E-state index contributed by atoms with van der Waals surface area (Å²) in [5.74, 6) is 0.640. The van der Waals surface area contributed by atoms with Crippen molar-refractivity contribution in [3.63, 3.8) is 0 Å². The Kier molecular flexibility index (Phi) is 5.65. The van der Waals surface area contributed by atoms with Gasteiger partial charge in [-0.25, -0.2) is 9.07 Å². The smallest absolute Gasteiger partial charge is 0.273 e. The number of nitrogens with one attached hydrogen (secondary N) is 1. The van der Waals surface area contributed by atoms with Crippen LogP contribution in [0.5, 0.6) is 11.5 Å². The molecule has 1 N–H and O–H groups in total. The Labute approximate surface area is 155 Å². The van der Waals surface area contributed by atoms with Gasteiger partial charge in [0.15, 0.2) is 5.69 Å². The number of hydrogen-bond acceptors (Lipinski definition) is 5. The van der Waals surface area contributed by atoms with Gasteiger partial charge < -0.3 is 14.8 Å². The zero-order chi connectivity index (χ0) is 19.2. The van der Waals surface area contributed by atoms with Crippen LogP contribution in [0.15, 0.2) is 48.7 Å². The average molecular weight is 370 g/mol. The van der Waals surface area contributed by atoms with Crippen molar-refractivity contribution in [1.82, 2.24) is 20.3 Å². The number of carbonyl (C=O) groups is 1. The van der Waals surface area contributed by atoms with Crippen LogP contribution in [0.25, 0.3) is 0 Å². The van der Waals surface area contributed by atoms with Gasteiger partial charge in [0.1, 0.15) is 17.3 Å². The molecule has 0 fully saturated rings. The molecular formula is C19H19FN4O3. The average Bonchev–Trinajstić information content (AvgIpc) is 3.16. The van der Waals surface area contributed by atoms with Crippen molar-refractivity contribution in [2.24, 2.45) is 0 Å². The van der Waals surface area contributed by atoms with Crippen molar-refractivity contribution >= 4 is 5.91 Å². The molecule has 140 valence electrons. The Morgan fingerprint density at radius 3 is 2.37 bits per heavy atom. The second-order valence-electron chi connectivity index (χ2n) is 5.83. The molecule has 3 rings (SSSR count). The number of hydrogen-bond donors (Lipinski definition) is 1. The lowest BCUT2D eigenvalue weighted by atomic mass is 10.2. The summed E-state index contributed by atoms with van der Waals surface area (Å²) in [6.45, 7) is 0.685. The molecule has 27 heavy (non-hydrogen) atoms. The number of aromatic nitrogens is 3. The van der Waals surface area contributed by atoms with Crippen LogP contribution in [0.1, 0.15) is 21.6 Å². The maximum absolute atomic E-state index is 13.0. The van der Waals surface area contributed by atoms with Gasteiger partial charge in [0, 0.05) is 12.6 Å². The van der Waals surface area contributed by atoms with E-state index in [2.05, 4.69) is 15.6 Å². The van der Waals surface area contributed by atoms with E-state index >= 15 is 0 Å². The van der Waals surface area contributed by atoms with E-state index in [1.54, 1.807) is 38.6 Å². The minimum absolute atomic E-state index is 0.201. The quantitative estimate of drug-likeness (QED) is 0.691. The number of rotatable bonds is 7. The molecule has 0 atom stereocenters. The monoisotopic (exact) mass is 370 g/mol. The third-order valence-electron chi connectivity index (χ3n) is 3.89. The summed E-state index contributed by atoms with van der Waals surface area (Å²) in [5, 5.41) is 10.6. The van der Waals surface area contributed by atoms with E-state index < -0.39 is 0 Å². The molecule has 3 aromatic rings. The van der Waals surface area contributed by atoms with E-state index in [0.717, 1.165) is 11.1 Å². The molecule has 8 heteroatoms. The zero-order valence-electron chi connectivity index (χ0n) is 15.0. The predicted octanol–water partition coefficient (Wildman–Crippen LogP) is 2.41. The topological polar surface area (TPSA) is 78.3 Å². The van der Waals surface area contributed by atoms with Crippen LogP contribution < -0.4 is 14.8 Å². The Hall–Kier alpha value is -3.42. The summed E-state index contributed by atoms with van der Waals surface area (Å²) in [6.07, 6.45) is 1.55. The molecule has 7 nitrogen and oxygen atoms in total. The van der Waals surface area contributed by atoms with Crippen molar-refractivity contribution in [3.8, 4) is 11.5 Å². The molecule has 0 unspecified atom stereocenters. The molecule has 0 aliphatic carbocycles. The first kappa shape index (κ1) is 18.4. The van der Waals surface area contributed by atoms with Crippen molar-refractivity contribution < 1.29 is 18.7 Å². The molecule has 2 aromatic carbocycles. The number of benzene rings is 2. The lowest BCUT2D eigenvalue weighted by Gasteiger charge is -2.09. The van der Waals surface area contributed by atoms with Gasteiger partial charge in [0.25, 0.3) is 5.91 Å². The minimum atomic E-state index is -0.345. The first-order valence-electron chi connectivity index (χ1n) is 8.22. The van der Waals surface area contributed by atoms with Gasteiger partial charge in [-0.15, -0.1) is 5.10 Å². The van der Waals surface area contributed by atoms with Gasteiger partial charge in [-0.05, 0) is 35.4 Å². The normalized spacial score (nSPS) is 10.5. The Bertz CT molecular complexity index is 903. The Balaban J connectivity index is 1.62. The van der Waals surface area contributed by atoms with E-state index in [-0.39, 0.29) is 24.0 Å². The van der Waals surface area contributed by atoms with Crippen molar-refractivity contribution in [3.05, 3.63) is 71.3 Å². The zero-order valence-corrected chi connectivity index (χ0v) is 15.0. The first-order valence-corrected chi connectivity index (χ1v) is 8.22. The summed E-state index contributed by atoms with van der Waals surface area (Å²) in [7, 11) is 3.13. The fourth-order valence-corrected chi connectivity index (χ4v) is 2.50. The molecule has 0 saturated carbocycles. The predicted molar refractivity (Wildman–Crippen MR) is 96.2 cm³/mol. The summed E-state index contributed by atoms with van der Waals surface area (Å²) < 4.78 is 24.9. The molecule has 1 aromatic heterocycles. The summed E-state index contributed by atoms with van der Waals surface area (Å²) in [6, 6.07) is 11.5. The number of amides is 1. The van der Waals surface area contributed by atoms with E-state index in [4.69, 9.17) is 9.47 Å². The Morgan fingerprint density at radius 2 is 1.74 bits per heavy atom. The number of halogens is 1. The van der Waals surface area contributed by atoms with Crippen molar-refractivity contribution in [2.45, 2.75) is 13.1 Å². The van der Waals surface area contributed by atoms with Gasteiger partial charge in [0.2, 0.25) is 0 Å². The standard InChI is InChI=1S/C19H19FN4O3/c1-26-16-7-14(8-17(9-16)27-2)10-21-19(25)18-12-24(23-22-18)11-13-3-5-15(20)6-4-13/h3-9,12H,10-11H2,1-2H3,(H,21,25). The third kappa shape index (κ3) is 4.81. The maximum atomic E-state index is 13.0. The van der Waals surface area contributed by atoms with Gasteiger partial charge in [-0.2, -0.15) is 0 Å². The van der Waals surface area contributed by atoms with Crippen LogP contribution in [0, 0.1) is 5.82 Å². The SMILES string of the molecule is COc1cc(CNC(=O)c2cn(Cc3ccc(F)cc3)nn2)cc(OC)c1. The van der Waals surface area contributed by atoms with Gasteiger partial charge in [-0.3, -0.25) is 4.79 Å². The molecule has 0 aliphatic heterocycles. The number of ether oxygens (including phenoxy) is 2. The highest BCUT2D eigenvalue weighted by atomic mass is 19.1. The second-order valence-corrected chi connectivity index (χ2v) is 5.83. The van der Waals surface area contributed by atoms with Gasteiger partial charge >= 0.3 is 0 Å². The first-order chi connectivity index (χ1) is 13.1. The number of nitrogens with zero attached hydrogens (tertiary/aromatic N) is 3. The van der Waals surface area contributed by atoms with Crippen LogP contribution in [-0.4, -0.2) is 35.1 Å². The van der Waals surface area contributed by atoms with Gasteiger partial charge in [-0.1, -0.05) is 17.3 Å². The van der Waals surface area contributed by atoms with Crippen molar-refractivity contribution in [1.29, 1.82) is 0 Å². The molecule has 0 aliphatic rings. The highest BCUT2D eigenvalue weighted by Gasteiger charge is 2.11. The van der Waals surface area contributed by atoms with Gasteiger partial charge in [0.05, 0.1) is 27.0 Å². The molecule has 0 radical (unpaired) electrons. The summed E-state index contributed by atoms with van der Waals surface area (Å²) >= 11 is 0. The van der Waals surface area contributed by atoms with Crippen LogP contribution in [0.2, 0.25) is 0 Å². The fraction of sp³-hybridized carbons (Fsp3) is 0.211. The summed E-state index contributed by atoms with van der Waals surface area (Å²) in [5.41, 5.74) is 1.89. The Morgan fingerprint density at radius 1 is 1.07 bits per heavy atom. The van der Waals surface area contributed by atoms with Crippen LogP contribution in [0.4, 0.5) is 4.39 Å². The second kappa shape index (κ2) is 8.31. The van der Waals surface area contributed by atoms with Crippen LogP contribution in [0.3, 0.4) is 0 Å². The lowest BCUT2D eigenvalue weighted by Crippen LogP contribution is -2.23. The van der Waals surface area contributed by atoms with Crippen LogP contribution >= 0.6 is 0 Å².